The molecule has 3 rings (SSSR count). The summed E-state index contributed by atoms with van der Waals surface area (Å²) in [5.74, 6) is 0.538. The van der Waals surface area contributed by atoms with Gasteiger partial charge in [-0.15, -0.1) is 0 Å². The number of amides is 2. The molecule has 3 saturated heterocycles. The molecule has 3 aliphatic rings. The van der Waals surface area contributed by atoms with E-state index < -0.39 is 0 Å². The molecule has 3 heterocycles. The first-order chi connectivity index (χ1) is 12.6. The fourth-order valence-corrected chi connectivity index (χ4v) is 4.27. The molecule has 0 aromatic carbocycles. The standard InChI is InChI=1S/C19H35N5O2/c1-3-20-8-14-24(15-9-20)19(26)17(2)22-12-10-21(11-13-22)16-18(25)23-6-4-5-7-23/h17H,3-16H2,1-2H3. The van der Waals surface area contributed by atoms with Gasteiger partial charge in [0.25, 0.3) is 0 Å². The molecule has 0 spiro atoms. The van der Waals surface area contributed by atoms with Crippen LogP contribution in [0.3, 0.4) is 0 Å². The normalized spacial score (nSPS) is 24.8. The van der Waals surface area contributed by atoms with Gasteiger partial charge in [0, 0.05) is 65.4 Å². The van der Waals surface area contributed by atoms with Crippen LogP contribution in [0.25, 0.3) is 0 Å². The van der Waals surface area contributed by atoms with E-state index in [0.717, 1.165) is 84.8 Å². The zero-order chi connectivity index (χ0) is 18.5. The lowest BCUT2D eigenvalue weighted by Gasteiger charge is -2.41. The van der Waals surface area contributed by atoms with Crippen LogP contribution < -0.4 is 0 Å². The second kappa shape index (κ2) is 9.15. The molecule has 0 aliphatic carbocycles. The molecule has 0 aromatic rings. The maximum Gasteiger partial charge on any atom is 0.239 e. The Kier molecular flexibility index (Phi) is 6.89. The van der Waals surface area contributed by atoms with Crippen molar-refractivity contribution in [3.8, 4) is 0 Å². The van der Waals surface area contributed by atoms with Gasteiger partial charge in [0.05, 0.1) is 12.6 Å². The van der Waals surface area contributed by atoms with Gasteiger partial charge in [-0.05, 0) is 26.3 Å². The van der Waals surface area contributed by atoms with Crippen molar-refractivity contribution in [3.05, 3.63) is 0 Å². The Morgan fingerprint density at radius 3 is 1.92 bits per heavy atom. The Labute approximate surface area is 157 Å². The van der Waals surface area contributed by atoms with E-state index in [4.69, 9.17) is 0 Å². The number of nitrogens with zero attached hydrogens (tertiary/aromatic N) is 5. The van der Waals surface area contributed by atoms with Crippen molar-refractivity contribution in [1.82, 2.24) is 24.5 Å². The highest BCUT2D eigenvalue weighted by Crippen LogP contribution is 2.13. The molecule has 7 nitrogen and oxygen atoms in total. The van der Waals surface area contributed by atoms with Gasteiger partial charge in [0.15, 0.2) is 0 Å². The van der Waals surface area contributed by atoms with E-state index in [9.17, 15) is 9.59 Å². The molecule has 0 radical (unpaired) electrons. The second-order valence-electron chi connectivity index (χ2n) is 7.84. The van der Waals surface area contributed by atoms with Crippen LogP contribution in [0.1, 0.15) is 26.7 Å². The van der Waals surface area contributed by atoms with Crippen molar-refractivity contribution in [2.45, 2.75) is 32.7 Å². The van der Waals surface area contributed by atoms with Crippen molar-refractivity contribution < 1.29 is 9.59 Å². The molecule has 3 aliphatic heterocycles. The summed E-state index contributed by atoms with van der Waals surface area (Å²) in [7, 11) is 0. The third kappa shape index (κ3) is 4.75. The van der Waals surface area contributed by atoms with E-state index in [0.29, 0.717) is 6.54 Å². The van der Waals surface area contributed by atoms with Gasteiger partial charge in [-0.25, -0.2) is 0 Å². The summed E-state index contributed by atoms with van der Waals surface area (Å²) in [5, 5.41) is 0. The SMILES string of the molecule is CCN1CCN(C(=O)C(C)N2CCN(CC(=O)N3CCCC3)CC2)CC1. The molecule has 26 heavy (non-hydrogen) atoms. The first-order valence-electron chi connectivity index (χ1n) is 10.3. The predicted molar refractivity (Wildman–Crippen MR) is 102 cm³/mol. The minimum Gasteiger partial charge on any atom is -0.342 e. The Bertz CT molecular complexity index is 478. The summed E-state index contributed by atoms with van der Waals surface area (Å²) in [5.41, 5.74) is 0. The van der Waals surface area contributed by atoms with Gasteiger partial charge in [-0.2, -0.15) is 0 Å². The summed E-state index contributed by atoms with van der Waals surface area (Å²) in [6.07, 6.45) is 2.29. The summed E-state index contributed by atoms with van der Waals surface area (Å²) < 4.78 is 0. The quantitative estimate of drug-likeness (QED) is 0.674. The minimum atomic E-state index is -0.0559. The molecule has 0 aromatic heterocycles. The molecule has 0 saturated carbocycles. The largest absolute Gasteiger partial charge is 0.342 e. The predicted octanol–water partition coefficient (Wildman–Crippen LogP) is -0.221. The number of likely N-dealkylation sites (tertiary alicyclic amines) is 1. The van der Waals surface area contributed by atoms with E-state index in [2.05, 4.69) is 21.6 Å². The Morgan fingerprint density at radius 1 is 0.769 bits per heavy atom. The second-order valence-corrected chi connectivity index (χ2v) is 7.84. The Hall–Kier alpha value is -1.18. The van der Waals surface area contributed by atoms with Crippen LogP contribution in [0.15, 0.2) is 0 Å². The third-order valence-corrected chi connectivity index (χ3v) is 6.26. The van der Waals surface area contributed by atoms with Gasteiger partial charge >= 0.3 is 0 Å². The molecule has 1 atom stereocenters. The van der Waals surface area contributed by atoms with Crippen LogP contribution in [-0.2, 0) is 9.59 Å². The molecule has 2 amide bonds. The van der Waals surface area contributed by atoms with Crippen LogP contribution in [0.5, 0.6) is 0 Å². The third-order valence-electron chi connectivity index (χ3n) is 6.26. The zero-order valence-corrected chi connectivity index (χ0v) is 16.5. The lowest BCUT2D eigenvalue weighted by atomic mass is 10.2. The minimum absolute atomic E-state index is 0.0559. The van der Waals surface area contributed by atoms with Crippen molar-refractivity contribution in [2.24, 2.45) is 0 Å². The first-order valence-corrected chi connectivity index (χ1v) is 10.3. The summed E-state index contributed by atoms with van der Waals surface area (Å²) >= 11 is 0. The fourth-order valence-electron chi connectivity index (χ4n) is 4.27. The van der Waals surface area contributed by atoms with Crippen LogP contribution >= 0.6 is 0 Å². The van der Waals surface area contributed by atoms with E-state index >= 15 is 0 Å². The van der Waals surface area contributed by atoms with Crippen molar-refractivity contribution in [3.63, 3.8) is 0 Å². The highest BCUT2D eigenvalue weighted by Gasteiger charge is 2.31. The molecular weight excluding hydrogens is 330 g/mol. The lowest BCUT2D eigenvalue weighted by molar-refractivity contribution is -0.139. The number of likely N-dealkylation sites (N-methyl/N-ethyl adjacent to an activating group) is 1. The smallest absolute Gasteiger partial charge is 0.239 e. The van der Waals surface area contributed by atoms with Gasteiger partial charge in [0.1, 0.15) is 0 Å². The van der Waals surface area contributed by atoms with E-state index in [1.807, 2.05) is 16.7 Å². The number of hydrogen-bond donors (Lipinski definition) is 0. The van der Waals surface area contributed by atoms with E-state index in [1.54, 1.807) is 0 Å². The van der Waals surface area contributed by atoms with Gasteiger partial charge in [-0.3, -0.25) is 19.4 Å². The van der Waals surface area contributed by atoms with Crippen molar-refractivity contribution in [2.75, 3.05) is 78.5 Å². The topological polar surface area (TPSA) is 50.3 Å². The molecule has 0 N–H and O–H groups in total. The maximum absolute atomic E-state index is 12.8. The highest BCUT2D eigenvalue weighted by atomic mass is 16.2. The monoisotopic (exact) mass is 365 g/mol. The van der Waals surface area contributed by atoms with Gasteiger partial charge in [0.2, 0.25) is 11.8 Å². The maximum atomic E-state index is 12.8. The average Bonchev–Trinajstić information content (AvgIpc) is 3.22. The fraction of sp³-hybridized carbons (Fsp3) is 0.895. The van der Waals surface area contributed by atoms with Crippen molar-refractivity contribution >= 4 is 11.8 Å². The molecule has 3 fully saturated rings. The molecule has 148 valence electrons. The summed E-state index contributed by atoms with van der Waals surface area (Å²) in [6, 6.07) is -0.0559. The van der Waals surface area contributed by atoms with Gasteiger partial charge in [-0.1, -0.05) is 6.92 Å². The summed E-state index contributed by atoms with van der Waals surface area (Å²) in [4.78, 5) is 36.1. The highest BCUT2D eigenvalue weighted by molar-refractivity contribution is 5.81. The van der Waals surface area contributed by atoms with Crippen LogP contribution in [0, 0.1) is 0 Å². The Balaban J connectivity index is 1.41. The number of hydrogen-bond acceptors (Lipinski definition) is 5. The zero-order valence-electron chi connectivity index (χ0n) is 16.5. The average molecular weight is 366 g/mol. The van der Waals surface area contributed by atoms with E-state index in [-0.39, 0.29) is 17.9 Å². The summed E-state index contributed by atoms with van der Waals surface area (Å²) in [6.45, 7) is 14.8. The van der Waals surface area contributed by atoms with E-state index in [1.165, 1.54) is 0 Å². The van der Waals surface area contributed by atoms with Crippen LogP contribution in [0.4, 0.5) is 0 Å². The van der Waals surface area contributed by atoms with Crippen molar-refractivity contribution in [1.29, 1.82) is 0 Å². The number of carbonyl (C=O) groups excluding carboxylic acids is 2. The number of piperazine rings is 2. The Morgan fingerprint density at radius 2 is 1.35 bits per heavy atom. The molecule has 7 heteroatoms. The lowest BCUT2D eigenvalue weighted by Crippen LogP contribution is -2.58. The molecular formula is C19H35N5O2. The number of rotatable bonds is 5. The first kappa shape index (κ1) is 19.6. The molecule has 1 unspecified atom stereocenters. The molecule has 0 bridgehead atoms. The van der Waals surface area contributed by atoms with Gasteiger partial charge < -0.3 is 14.7 Å². The van der Waals surface area contributed by atoms with Crippen LogP contribution in [0.2, 0.25) is 0 Å². The van der Waals surface area contributed by atoms with Crippen LogP contribution in [-0.4, -0.2) is 121 Å². The number of carbonyl (C=O) groups is 2.